The molecule has 0 amide bonds. The second kappa shape index (κ2) is 7.88. The molecule has 1 aliphatic rings. The highest BCUT2D eigenvalue weighted by Gasteiger charge is 2.27. The van der Waals surface area contributed by atoms with E-state index in [1.54, 1.807) is 25.8 Å². The van der Waals surface area contributed by atoms with Gasteiger partial charge in [0, 0.05) is 11.1 Å². The molecule has 150 valence electrons. The van der Waals surface area contributed by atoms with Crippen molar-refractivity contribution in [2.24, 2.45) is 5.10 Å². The van der Waals surface area contributed by atoms with Crippen LogP contribution >= 0.6 is 22.9 Å². The van der Waals surface area contributed by atoms with Crippen LogP contribution in [0.2, 0.25) is 5.02 Å². The molecule has 1 aromatic heterocycles. The fourth-order valence-electron chi connectivity index (χ4n) is 3.36. The van der Waals surface area contributed by atoms with Gasteiger partial charge < -0.3 is 15.2 Å². The highest BCUT2D eigenvalue weighted by atomic mass is 35.5. The van der Waals surface area contributed by atoms with Crippen molar-refractivity contribution in [3.63, 3.8) is 0 Å². The zero-order chi connectivity index (χ0) is 20.5. The SMILES string of the molecule is COc1cc2c(cc1OC)C(c1ccc(N)c(Cl)c1)=NN(c1nncs1)[C@H](C)C2. The Morgan fingerprint density at radius 1 is 1.17 bits per heavy atom. The van der Waals surface area contributed by atoms with Crippen LogP contribution in [0.25, 0.3) is 0 Å². The first kappa shape index (κ1) is 19.5. The van der Waals surface area contributed by atoms with Gasteiger partial charge in [0.1, 0.15) is 5.51 Å². The van der Waals surface area contributed by atoms with Gasteiger partial charge in [-0.15, -0.1) is 10.2 Å². The fourth-order valence-corrected chi connectivity index (χ4v) is 4.15. The predicted octanol–water partition coefficient (Wildman–Crippen LogP) is 3.99. The summed E-state index contributed by atoms with van der Waals surface area (Å²) in [5, 5.41) is 16.3. The Balaban J connectivity index is 1.96. The van der Waals surface area contributed by atoms with Crippen molar-refractivity contribution in [2.45, 2.75) is 19.4 Å². The summed E-state index contributed by atoms with van der Waals surface area (Å²) >= 11 is 7.75. The van der Waals surface area contributed by atoms with Crippen LogP contribution < -0.4 is 20.2 Å². The van der Waals surface area contributed by atoms with Crippen molar-refractivity contribution in [3.8, 4) is 11.5 Å². The lowest BCUT2D eigenvalue weighted by Crippen LogP contribution is -2.29. The number of nitrogens with two attached hydrogens (primary N) is 1. The molecule has 0 fully saturated rings. The average molecular weight is 430 g/mol. The number of hydrazone groups is 1. The number of methoxy groups -OCH3 is 2. The Bertz CT molecular complexity index is 1070. The minimum absolute atomic E-state index is 0.0570. The smallest absolute Gasteiger partial charge is 0.228 e. The van der Waals surface area contributed by atoms with Gasteiger partial charge in [-0.25, -0.2) is 5.01 Å². The topological polar surface area (TPSA) is 85.9 Å². The van der Waals surface area contributed by atoms with E-state index in [4.69, 9.17) is 31.9 Å². The Kier molecular flexibility index (Phi) is 5.29. The van der Waals surface area contributed by atoms with Gasteiger partial charge >= 0.3 is 0 Å². The highest BCUT2D eigenvalue weighted by molar-refractivity contribution is 7.13. The maximum absolute atomic E-state index is 6.31. The van der Waals surface area contributed by atoms with Crippen LogP contribution in [-0.4, -0.2) is 36.2 Å². The van der Waals surface area contributed by atoms with E-state index in [0.29, 0.717) is 22.2 Å². The Hall–Kier alpha value is -2.84. The molecule has 29 heavy (non-hydrogen) atoms. The van der Waals surface area contributed by atoms with Crippen LogP contribution in [0.4, 0.5) is 10.8 Å². The first-order valence-corrected chi connectivity index (χ1v) is 10.2. The number of nitrogen functional groups attached to an aromatic ring is 1. The van der Waals surface area contributed by atoms with Crippen molar-refractivity contribution in [1.82, 2.24) is 10.2 Å². The van der Waals surface area contributed by atoms with E-state index in [2.05, 4.69) is 17.1 Å². The third kappa shape index (κ3) is 3.61. The second-order valence-corrected chi connectivity index (χ2v) is 7.89. The van der Waals surface area contributed by atoms with E-state index >= 15 is 0 Å². The molecule has 0 spiro atoms. The minimum atomic E-state index is 0.0570. The Morgan fingerprint density at radius 3 is 2.59 bits per heavy atom. The number of nitrogens with zero attached hydrogens (tertiary/aromatic N) is 4. The number of hydrogen-bond donors (Lipinski definition) is 1. The lowest BCUT2D eigenvalue weighted by atomic mass is 9.94. The summed E-state index contributed by atoms with van der Waals surface area (Å²) in [5.41, 5.74) is 11.8. The number of rotatable bonds is 4. The molecule has 4 rings (SSSR count). The Labute approximate surface area is 177 Å². The van der Waals surface area contributed by atoms with Crippen LogP contribution in [0.15, 0.2) is 40.9 Å². The number of benzene rings is 2. The highest BCUT2D eigenvalue weighted by Crippen LogP contribution is 2.36. The summed E-state index contributed by atoms with van der Waals surface area (Å²) in [6, 6.07) is 9.53. The van der Waals surface area contributed by atoms with Gasteiger partial charge in [-0.05, 0) is 43.2 Å². The third-order valence-corrected chi connectivity index (χ3v) is 5.83. The molecule has 0 saturated carbocycles. The van der Waals surface area contributed by atoms with E-state index in [1.807, 2.05) is 29.3 Å². The Morgan fingerprint density at radius 2 is 1.93 bits per heavy atom. The number of halogens is 1. The van der Waals surface area contributed by atoms with Gasteiger partial charge in [0.15, 0.2) is 11.5 Å². The molecule has 9 heteroatoms. The molecular formula is C20H20ClN5O2S. The van der Waals surface area contributed by atoms with Crippen molar-refractivity contribution in [2.75, 3.05) is 25.0 Å². The van der Waals surface area contributed by atoms with Crippen molar-refractivity contribution >= 4 is 39.5 Å². The van der Waals surface area contributed by atoms with Crippen molar-refractivity contribution < 1.29 is 9.47 Å². The number of ether oxygens (including phenoxy) is 2. The predicted molar refractivity (Wildman–Crippen MR) is 117 cm³/mol. The fraction of sp³-hybridized carbons (Fsp3) is 0.250. The zero-order valence-corrected chi connectivity index (χ0v) is 17.8. The van der Waals surface area contributed by atoms with E-state index in [9.17, 15) is 0 Å². The molecule has 2 aromatic carbocycles. The van der Waals surface area contributed by atoms with E-state index in [1.165, 1.54) is 11.3 Å². The van der Waals surface area contributed by atoms with Crippen molar-refractivity contribution in [1.29, 1.82) is 0 Å². The molecule has 2 heterocycles. The normalized spacial score (nSPS) is 16.1. The molecule has 0 radical (unpaired) electrons. The van der Waals surface area contributed by atoms with Gasteiger partial charge in [-0.3, -0.25) is 0 Å². The van der Waals surface area contributed by atoms with Gasteiger partial charge in [0.2, 0.25) is 5.13 Å². The molecule has 1 atom stereocenters. The lowest BCUT2D eigenvalue weighted by Gasteiger charge is -2.21. The van der Waals surface area contributed by atoms with Crippen LogP contribution in [0, 0.1) is 0 Å². The summed E-state index contributed by atoms with van der Waals surface area (Å²) in [5.74, 6) is 1.31. The zero-order valence-electron chi connectivity index (χ0n) is 16.2. The maximum atomic E-state index is 6.31. The standard InChI is InChI=1S/C20H20ClN5O2S/c1-11-6-13-8-17(27-2)18(28-3)9-14(13)19(12-4-5-16(22)15(21)7-12)25-26(11)20-24-23-10-29-20/h4-5,7-11H,6,22H2,1-3H3/t11-/m1/s1. The average Bonchev–Trinajstić information content (AvgIpc) is 3.20. The molecule has 2 N–H and O–H groups in total. The number of aromatic nitrogens is 2. The van der Waals surface area contributed by atoms with Crippen LogP contribution in [-0.2, 0) is 6.42 Å². The number of hydrogen-bond acceptors (Lipinski definition) is 8. The monoisotopic (exact) mass is 429 g/mol. The molecule has 0 bridgehead atoms. The van der Waals surface area contributed by atoms with Crippen LogP contribution in [0.1, 0.15) is 23.6 Å². The molecule has 1 aliphatic heterocycles. The first-order valence-electron chi connectivity index (χ1n) is 8.96. The number of anilines is 2. The largest absolute Gasteiger partial charge is 0.493 e. The molecule has 0 saturated heterocycles. The van der Waals surface area contributed by atoms with E-state index in [0.717, 1.165) is 34.0 Å². The summed E-state index contributed by atoms with van der Waals surface area (Å²) in [4.78, 5) is 0. The van der Waals surface area contributed by atoms with E-state index < -0.39 is 0 Å². The van der Waals surface area contributed by atoms with Crippen LogP contribution in [0.3, 0.4) is 0 Å². The quantitative estimate of drug-likeness (QED) is 0.631. The molecule has 0 aliphatic carbocycles. The molecular weight excluding hydrogens is 410 g/mol. The summed E-state index contributed by atoms with van der Waals surface area (Å²) in [6.07, 6.45) is 0.741. The summed E-state index contributed by atoms with van der Waals surface area (Å²) in [6.45, 7) is 2.10. The van der Waals surface area contributed by atoms with Crippen molar-refractivity contribution in [3.05, 3.63) is 57.6 Å². The lowest BCUT2D eigenvalue weighted by molar-refractivity contribution is 0.354. The van der Waals surface area contributed by atoms with Gasteiger partial charge in [-0.1, -0.05) is 29.0 Å². The van der Waals surface area contributed by atoms with Gasteiger partial charge in [-0.2, -0.15) is 5.10 Å². The van der Waals surface area contributed by atoms with Gasteiger partial charge in [0.05, 0.1) is 36.7 Å². The first-order chi connectivity index (χ1) is 14.0. The third-order valence-electron chi connectivity index (χ3n) is 4.82. The molecule has 7 nitrogen and oxygen atoms in total. The number of fused-ring (bicyclic) bond motifs is 1. The minimum Gasteiger partial charge on any atom is -0.493 e. The molecule has 0 unspecified atom stereocenters. The maximum Gasteiger partial charge on any atom is 0.228 e. The molecule has 3 aromatic rings. The van der Waals surface area contributed by atoms with Gasteiger partial charge in [0.25, 0.3) is 0 Å². The van der Waals surface area contributed by atoms with E-state index in [-0.39, 0.29) is 6.04 Å². The summed E-state index contributed by atoms with van der Waals surface area (Å²) in [7, 11) is 3.25. The van der Waals surface area contributed by atoms with Crippen LogP contribution in [0.5, 0.6) is 11.5 Å². The summed E-state index contributed by atoms with van der Waals surface area (Å²) < 4.78 is 11.1. The second-order valence-electron chi connectivity index (χ2n) is 6.67.